The van der Waals surface area contributed by atoms with E-state index in [1.54, 1.807) is 0 Å². The number of amides is 1. The van der Waals surface area contributed by atoms with E-state index >= 15 is 0 Å². The molecule has 6 heteroatoms. The Morgan fingerprint density at radius 1 is 1.48 bits per heavy atom. The quantitative estimate of drug-likeness (QED) is 0.814. The number of ether oxygens (including phenoxy) is 2. The Morgan fingerprint density at radius 2 is 2.39 bits per heavy atom. The summed E-state index contributed by atoms with van der Waals surface area (Å²) in [6.45, 7) is 5.57. The van der Waals surface area contributed by atoms with Crippen LogP contribution < -0.4 is 0 Å². The van der Waals surface area contributed by atoms with Crippen LogP contribution in [0.3, 0.4) is 0 Å². The SMILES string of the molecule is Cc1cc([C@@H]2CCCN(C(=O)CCOC[C@H]3CCCO3)C2)n[nH]1. The van der Waals surface area contributed by atoms with Crippen LogP contribution in [0.25, 0.3) is 0 Å². The first-order valence-electron chi connectivity index (χ1n) is 8.71. The van der Waals surface area contributed by atoms with Crippen LogP contribution in [0.15, 0.2) is 6.07 Å². The summed E-state index contributed by atoms with van der Waals surface area (Å²) < 4.78 is 11.1. The van der Waals surface area contributed by atoms with E-state index in [1.807, 2.05) is 11.8 Å². The van der Waals surface area contributed by atoms with E-state index in [-0.39, 0.29) is 12.0 Å². The van der Waals surface area contributed by atoms with Crippen molar-refractivity contribution in [1.82, 2.24) is 15.1 Å². The van der Waals surface area contributed by atoms with Crippen LogP contribution in [-0.4, -0.2) is 60.0 Å². The molecule has 1 N–H and O–H groups in total. The van der Waals surface area contributed by atoms with Gasteiger partial charge in [-0.2, -0.15) is 5.10 Å². The molecule has 0 saturated carbocycles. The van der Waals surface area contributed by atoms with Crippen molar-refractivity contribution in [2.24, 2.45) is 0 Å². The molecule has 3 rings (SSSR count). The summed E-state index contributed by atoms with van der Waals surface area (Å²) in [7, 11) is 0. The number of aromatic nitrogens is 2. The van der Waals surface area contributed by atoms with Gasteiger partial charge in [-0.05, 0) is 38.7 Å². The lowest BCUT2D eigenvalue weighted by Crippen LogP contribution is -2.39. The Hall–Kier alpha value is -1.40. The molecule has 23 heavy (non-hydrogen) atoms. The first-order chi connectivity index (χ1) is 11.2. The molecule has 2 aliphatic rings. The highest BCUT2D eigenvalue weighted by Crippen LogP contribution is 2.26. The molecule has 1 aromatic heterocycles. The Balaban J connectivity index is 1.40. The number of nitrogens with zero attached hydrogens (tertiary/aromatic N) is 2. The van der Waals surface area contributed by atoms with Crippen molar-refractivity contribution in [1.29, 1.82) is 0 Å². The zero-order valence-electron chi connectivity index (χ0n) is 13.9. The molecule has 2 fully saturated rings. The van der Waals surface area contributed by atoms with Gasteiger partial charge in [-0.3, -0.25) is 9.89 Å². The van der Waals surface area contributed by atoms with Crippen molar-refractivity contribution in [3.05, 3.63) is 17.5 Å². The number of carbonyl (C=O) groups excluding carboxylic acids is 1. The second-order valence-electron chi connectivity index (χ2n) is 6.61. The molecular weight excluding hydrogens is 294 g/mol. The second kappa shape index (κ2) is 7.93. The third kappa shape index (κ3) is 4.54. The highest BCUT2D eigenvalue weighted by atomic mass is 16.5. The largest absolute Gasteiger partial charge is 0.378 e. The van der Waals surface area contributed by atoms with Gasteiger partial charge in [0, 0.05) is 31.3 Å². The number of aryl methyl sites for hydroxylation is 1. The van der Waals surface area contributed by atoms with Crippen molar-refractivity contribution < 1.29 is 14.3 Å². The maximum Gasteiger partial charge on any atom is 0.224 e. The fraction of sp³-hybridized carbons (Fsp3) is 0.765. The molecule has 0 bridgehead atoms. The minimum atomic E-state index is 0.189. The molecule has 0 aliphatic carbocycles. The van der Waals surface area contributed by atoms with Crippen LogP contribution in [0.4, 0.5) is 0 Å². The van der Waals surface area contributed by atoms with Crippen molar-refractivity contribution in [3.63, 3.8) is 0 Å². The third-order valence-electron chi connectivity index (χ3n) is 4.71. The predicted octanol–water partition coefficient (Wildman–Crippen LogP) is 2.01. The highest BCUT2D eigenvalue weighted by Gasteiger charge is 2.26. The Kier molecular flexibility index (Phi) is 5.67. The number of likely N-dealkylation sites (tertiary alicyclic amines) is 1. The molecule has 128 valence electrons. The lowest BCUT2D eigenvalue weighted by atomic mass is 9.94. The summed E-state index contributed by atoms with van der Waals surface area (Å²) in [5.74, 6) is 0.541. The van der Waals surface area contributed by atoms with Crippen LogP contribution in [0.5, 0.6) is 0 Å². The normalized spacial score (nSPS) is 25.0. The fourth-order valence-corrected chi connectivity index (χ4v) is 3.40. The fourth-order valence-electron chi connectivity index (χ4n) is 3.40. The molecule has 0 radical (unpaired) electrons. The van der Waals surface area contributed by atoms with Gasteiger partial charge in [0.2, 0.25) is 5.91 Å². The average molecular weight is 321 g/mol. The maximum atomic E-state index is 12.4. The first kappa shape index (κ1) is 16.5. The van der Waals surface area contributed by atoms with Crippen molar-refractivity contribution in [3.8, 4) is 0 Å². The standard InChI is InChI=1S/C17H27N3O3/c1-13-10-16(19-18-13)14-4-2-7-20(11-14)17(21)6-9-22-12-15-5-3-8-23-15/h10,14-15H,2-9,11-12H2,1H3,(H,18,19)/t14-,15-/m1/s1. The molecule has 2 saturated heterocycles. The van der Waals surface area contributed by atoms with Crippen LogP contribution in [-0.2, 0) is 14.3 Å². The van der Waals surface area contributed by atoms with Gasteiger partial charge in [0.05, 0.1) is 31.4 Å². The summed E-state index contributed by atoms with van der Waals surface area (Å²) in [6, 6.07) is 2.09. The summed E-state index contributed by atoms with van der Waals surface area (Å²) in [6.07, 6.45) is 5.02. The van der Waals surface area contributed by atoms with Crippen molar-refractivity contribution >= 4 is 5.91 Å². The van der Waals surface area contributed by atoms with Crippen LogP contribution in [0.2, 0.25) is 0 Å². The topological polar surface area (TPSA) is 67.5 Å². The molecule has 0 spiro atoms. The average Bonchev–Trinajstić information content (AvgIpc) is 3.23. The lowest BCUT2D eigenvalue weighted by molar-refractivity contribution is -0.133. The van der Waals surface area contributed by atoms with E-state index in [4.69, 9.17) is 9.47 Å². The van der Waals surface area contributed by atoms with E-state index in [9.17, 15) is 4.79 Å². The molecule has 0 aromatic carbocycles. The summed E-state index contributed by atoms with van der Waals surface area (Å²) in [5, 5.41) is 7.34. The van der Waals surface area contributed by atoms with Crippen LogP contribution >= 0.6 is 0 Å². The number of H-pyrrole nitrogens is 1. The van der Waals surface area contributed by atoms with E-state index in [0.717, 1.165) is 56.8 Å². The minimum absolute atomic E-state index is 0.189. The minimum Gasteiger partial charge on any atom is -0.378 e. The van der Waals surface area contributed by atoms with Gasteiger partial charge in [0.15, 0.2) is 0 Å². The number of piperidine rings is 1. The Morgan fingerprint density at radius 3 is 3.13 bits per heavy atom. The first-order valence-corrected chi connectivity index (χ1v) is 8.71. The van der Waals surface area contributed by atoms with Gasteiger partial charge in [0.1, 0.15) is 0 Å². The Labute approximate surface area is 137 Å². The molecule has 3 heterocycles. The Bertz CT molecular complexity index is 511. The number of nitrogens with one attached hydrogen (secondary N) is 1. The zero-order valence-corrected chi connectivity index (χ0v) is 13.9. The van der Waals surface area contributed by atoms with Gasteiger partial charge in [-0.15, -0.1) is 0 Å². The molecule has 1 amide bonds. The van der Waals surface area contributed by atoms with Crippen molar-refractivity contribution in [2.75, 3.05) is 32.9 Å². The molecule has 1 aromatic rings. The monoisotopic (exact) mass is 321 g/mol. The van der Waals surface area contributed by atoms with Gasteiger partial charge < -0.3 is 14.4 Å². The van der Waals surface area contributed by atoms with Gasteiger partial charge in [-0.25, -0.2) is 0 Å². The maximum absolute atomic E-state index is 12.4. The number of carbonyl (C=O) groups is 1. The molecule has 0 unspecified atom stereocenters. The van der Waals surface area contributed by atoms with Crippen LogP contribution in [0.1, 0.15) is 49.4 Å². The van der Waals surface area contributed by atoms with Gasteiger partial charge in [0.25, 0.3) is 0 Å². The number of aromatic amines is 1. The zero-order chi connectivity index (χ0) is 16.1. The summed E-state index contributed by atoms with van der Waals surface area (Å²) in [5.41, 5.74) is 2.15. The van der Waals surface area contributed by atoms with Crippen LogP contribution in [0, 0.1) is 6.92 Å². The molecule has 2 atom stereocenters. The van der Waals surface area contributed by atoms with Gasteiger partial charge >= 0.3 is 0 Å². The number of hydrogen-bond acceptors (Lipinski definition) is 4. The van der Waals surface area contributed by atoms with E-state index in [1.165, 1.54) is 0 Å². The highest BCUT2D eigenvalue weighted by molar-refractivity contribution is 5.76. The molecule has 6 nitrogen and oxygen atoms in total. The number of hydrogen-bond donors (Lipinski definition) is 1. The van der Waals surface area contributed by atoms with E-state index < -0.39 is 0 Å². The predicted molar refractivity (Wildman–Crippen MR) is 86.3 cm³/mol. The lowest BCUT2D eigenvalue weighted by Gasteiger charge is -2.32. The summed E-state index contributed by atoms with van der Waals surface area (Å²) >= 11 is 0. The smallest absolute Gasteiger partial charge is 0.224 e. The molecular formula is C17H27N3O3. The second-order valence-corrected chi connectivity index (χ2v) is 6.61. The van der Waals surface area contributed by atoms with E-state index in [0.29, 0.717) is 25.6 Å². The van der Waals surface area contributed by atoms with E-state index in [2.05, 4.69) is 16.3 Å². The summed E-state index contributed by atoms with van der Waals surface area (Å²) in [4.78, 5) is 14.3. The van der Waals surface area contributed by atoms with Gasteiger partial charge in [-0.1, -0.05) is 0 Å². The molecule has 2 aliphatic heterocycles. The third-order valence-corrected chi connectivity index (χ3v) is 4.71. The van der Waals surface area contributed by atoms with Crippen molar-refractivity contribution in [2.45, 2.75) is 51.0 Å². The number of rotatable bonds is 6.